The molecule has 0 aliphatic heterocycles. The standard InChI is InChI=1S/C31H37Cl2N3O5S/c1-4-34-31(38)29(20-23-10-7-6-8-11-23)35(22-24-13-14-25(32)21-28(24)33)30(37)12-9-19-36(42(3,39)40)26-15-17-27(18-16-26)41-5-2/h6-8,10-11,13-18,21,29H,4-5,9,12,19-20,22H2,1-3H3,(H,34,38). The summed E-state index contributed by atoms with van der Waals surface area (Å²) in [5.74, 6) is 0.0523. The van der Waals surface area contributed by atoms with Gasteiger partial charge in [-0.05, 0) is 67.8 Å². The molecule has 1 N–H and O–H groups in total. The highest BCUT2D eigenvalue weighted by atomic mass is 35.5. The summed E-state index contributed by atoms with van der Waals surface area (Å²) in [6.45, 7) is 4.75. The van der Waals surface area contributed by atoms with Gasteiger partial charge in [0.1, 0.15) is 11.8 Å². The number of nitrogens with zero attached hydrogens (tertiary/aromatic N) is 2. The first-order valence-electron chi connectivity index (χ1n) is 13.8. The van der Waals surface area contributed by atoms with Gasteiger partial charge < -0.3 is 15.0 Å². The van der Waals surface area contributed by atoms with E-state index >= 15 is 0 Å². The van der Waals surface area contributed by atoms with Crippen LogP contribution >= 0.6 is 23.2 Å². The summed E-state index contributed by atoms with van der Waals surface area (Å²) >= 11 is 12.6. The molecule has 1 atom stereocenters. The van der Waals surface area contributed by atoms with E-state index in [-0.39, 0.29) is 37.7 Å². The fourth-order valence-corrected chi connectivity index (χ4v) is 5.99. The number of anilines is 1. The van der Waals surface area contributed by atoms with E-state index in [1.54, 1.807) is 42.5 Å². The number of nitrogens with one attached hydrogen (secondary N) is 1. The second-order valence-corrected chi connectivity index (χ2v) is 12.5. The molecule has 2 amide bonds. The van der Waals surface area contributed by atoms with Gasteiger partial charge in [0, 0.05) is 42.5 Å². The molecule has 0 radical (unpaired) electrons. The lowest BCUT2D eigenvalue weighted by Crippen LogP contribution is -2.50. The summed E-state index contributed by atoms with van der Waals surface area (Å²) < 4.78 is 32.0. The summed E-state index contributed by atoms with van der Waals surface area (Å²) in [5.41, 5.74) is 2.01. The number of carbonyl (C=O) groups is 2. The predicted octanol–water partition coefficient (Wildman–Crippen LogP) is 5.71. The molecule has 0 bridgehead atoms. The van der Waals surface area contributed by atoms with Gasteiger partial charge in [0.25, 0.3) is 0 Å². The number of sulfonamides is 1. The molecule has 3 aromatic rings. The van der Waals surface area contributed by atoms with E-state index < -0.39 is 16.1 Å². The number of hydrogen-bond acceptors (Lipinski definition) is 5. The molecule has 8 nitrogen and oxygen atoms in total. The molecule has 3 aromatic carbocycles. The van der Waals surface area contributed by atoms with Gasteiger partial charge >= 0.3 is 0 Å². The van der Waals surface area contributed by atoms with Gasteiger partial charge in [0.15, 0.2) is 0 Å². The molecule has 226 valence electrons. The van der Waals surface area contributed by atoms with Crippen LogP contribution in [0.25, 0.3) is 0 Å². The maximum absolute atomic E-state index is 13.8. The van der Waals surface area contributed by atoms with Crippen LogP contribution in [0.1, 0.15) is 37.8 Å². The zero-order valence-corrected chi connectivity index (χ0v) is 26.4. The van der Waals surface area contributed by atoms with Crippen LogP contribution in [0, 0.1) is 0 Å². The van der Waals surface area contributed by atoms with Gasteiger partial charge in [-0.15, -0.1) is 0 Å². The Morgan fingerprint density at radius 2 is 1.67 bits per heavy atom. The van der Waals surface area contributed by atoms with Crippen molar-refractivity contribution in [2.45, 2.75) is 45.7 Å². The van der Waals surface area contributed by atoms with Crippen LogP contribution in [-0.2, 0) is 32.6 Å². The highest BCUT2D eigenvalue weighted by molar-refractivity contribution is 7.92. The fraction of sp³-hybridized carbons (Fsp3) is 0.355. The maximum Gasteiger partial charge on any atom is 0.243 e. The first-order valence-corrected chi connectivity index (χ1v) is 16.4. The zero-order chi connectivity index (χ0) is 30.7. The third-order valence-electron chi connectivity index (χ3n) is 6.57. The van der Waals surface area contributed by atoms with Gasteiger partial charge in [0.2, 0.25) is 21.8 Å². The van der Waals surface area contributed by atoms with E-state index in [2.05, 4.69) is 5.32 Å². The van der Waals surface area contributed by atoms with Crippen molar-refractivity contribution in [3.63, 3.8) is 0 Å². The van der Waals surface area contributed by atoms with E-state index in [4.69, 9.17) is 27.9 Å². The molecule has 42 heavy (non-hydrogen) atoms. The molecule has 3 rings (SSSR count). The Balaban J connectivity index is 1.87. The SMILES string of the molecule is CCNC(=O)C(Cc1ccccc1)N(Cc1ccc(Cl)cc1Cl)C(=O)CCCN(c1ccc(OCC)cc1)S(C)(=O)=O. The number of halogens is 2. The van der Waals surface area contributed by atoms with Crippen LogP contribution in [0.4, 0.5) is 5.69 Å². The molecule has 0 spiro atoms. The lowest BCUT2D eigenvalue weighted by Gasteiger charge is -2.32. The van der Waals surface area contributed by atoms with Crippen LogP contribution in [0.15, 0.2) is 72.8 Å². The summed E-state index contributed by atoms with van der Waals surface area (Å²) in [4.78, 5) is 28.7. The Labute approximate surface area is 258 Å². The number of rotatable bonds is 15. The minimum absolute atomic E-state index is 0.0129. The second kappa shape index (κ2) is 15.8. The minimum atomic E-state index is -3.62. The molecule has 0 fully saturated rings. The van der Waals surface area contributed by atoms with Crippen molar-refractivity contribution < 1.29 is 22.7 Å². The van der Waals surface area contributed by atoms with Gasteiger partial charge in [-0.2, -0.15) is 0 Å². The molecule has 0 saturated carbocycles. The normalized spacial score (nSPS) is 11.9. The lowest BCUT2D eigenvalue weighted by atomic mass is 10.0. The van der Waals surface area contributed by atoms with Crippen molar-refractivity contribution in [2.75, 3.05) is 30.3 Å². The van der Waals surface area contributed by atoms with Crippen LogP contribution in [0.5, 0.6) is 5.75 Å². The van der Waals surface area contributed by atoms with Gasteiger partial charge in [-0.3, -0.25) is 13.9 Å². The van der Waals surface area contributed by atoms with Crippen LogP contribution in [0.2, 0.25) is 10.0 Å². The summed E-state index contributed by atoms with van der Waals surface area (Å²) in [7, 11) is -3.62. The molecule has 1 unspecified atom stereocenters. The predicted molar refractivity (Wildman–Crippen MR) is 169 cm³/mol. The summed E-state index contributed by atoms with van der Waals surface area (Å²) in [6, 6.07) is 20.4. The average Bonchev–Trinajstić information content (AvgIpc) is 2.94. The van der Waals surface area contributed by atoms with E-state index in [1.807, 2.05) is 44.2 Å². The number of amides is 2. The van der Waals surface area contributed by atoms with E-state index in [0.29, 0.717) is 46.6 Å². The van der Waals surface area contributed by atoms with Crippen molar-refractivity contribution in [3.05, 3.63) is 94.0 Å². The van der Waals surface area contributed by atoms with Crippen molar-refractivity contribution in [1.29, 1.82) is 0 Å². The molecule has 11 heteroatoms. The smallest absolute Gasteiger partial charge is 0.243 e. The van der Waals surface area contributed by atoms with Gasteiger partial charge in [-0.1, -0.05) is 59.6 Å². The number of benzene rings is 3. The molecule has 0 heterocycles. The monoisotopic (exact) mass is 633 g/mol. The summed E-state index contributed by atoms with van der Waals surface area (Å²) in [5, 5.41) is 3.70. The number of carbonyl (C=O) groups excluding carboxylic acids is 2. The highest BCUT2D eigenvalue weighted by Crippen LogP contribution is 2.26. The second-order valence-electron chi connectivity index (χ2n) is 9.72. The van der Waals surface area contributed by atoms with Crippen molar-refractivity contribution in [1.82, 2.24) is 10.2 Å². The Morgan fingerprint density at radius 1 is 0.976 bits per heavy atom. The largest absolute Gasteiger partial charge is 0.494 e. The quantitative estimate of drug-likeness (QED) is 0.231. The minimum Gasteiger partial charge on any atom is -0.494 e. The fourth-order valence-electron chi connectivity index (χ4n) is 4.56. The Bertz CT molecular complexity index is 1440. The van der Waals surface area contributed by atoms with Crippen LogP contribution < -0.4 is 14.4 Å². The van der Waals surface area contributed by atoms with Crippen LogP contribution in [0.3, 0.4) is 0 Å². The van der Waals surface area contributed by atoms with Crippen molar-refractivity contribution in [2.24, 2.45) is 0 Å². The highest BCUT2D eigenvalue weighted by Gasteiger charge is 2.30. The Hall–Kier alpha value is -3.27. The van der Waals surface area contributed by atoms with Gasteiger partial charge in [0.05, 0.1) is 18.6 Å². The van der Waals surface area contributed by atoms with E-state index in [9.17, 15) is 18.0 Å². The Kier molecular flexibility index (Phi) is 12.5. The van der Waals surface area contributed by atoms with Crippen molar-refractivity contribution in [3.8, 4) is 5.75 Å². The lowest BCUT2D eigenvalue weighted by molar-refractivity contribution is -0.141. The van der Waals surface area contributed by atoms with E-state index in [1.165, 1.54) is 9.21 Å². The third kappa shape index (κ3) is 9.64. The number of ether oxygens (including phenoxy) is 1. The maximum atomic E-state index is 13.8. The van der Waals surface area contributed by atoms with Crippen molar-refractivity contribution >= 4 is 50.7 Å². The molecular formula is C31H37Cl2N3O5S. The Morgan fingerprint density at radius 3 is 2.26 bits per heavy atom. The zero-order valence-electron chi connectivity index (χ0n) is 24.1. The number of hydrogen-bond donors (Lipinski definition) is 1. The summed E-state index contributed by atoms with van der Waals surface area (Å²) in [6.07, 6.45) is 1.67. The first kappa shape index (κ1) is 33.2. The topological polar surface area (TPSA) is 96.0 Å². The first-order chi connectivity index (χ1) is 20.0. The molecular weight excluding hydrogens is 597 g/mol. The van der Waals surface area contributed by atoms with Crippen LogP contribution in [-0.4, -0.2) is 57.1 Å². The molecule has 0 saturated heterocycles. The molecule has 0 aromatic heterocycles. The third-order valence-corrected chi connectivity index (χ3v) is 8.35. The molecule has 0 aliphatic rings. The number of likely N-dealkylation sites (N-methyl/N-ethyl adjacent to an activating group) is 1. The van der Waals surface area contributed by atoms with E-state index in [0.717, 1.165) is 11.8 Å². The molecule has 0 aliphatic carbocycles. The average molecular weight is 635 g/mol. The van der Waals surface area contributed by atoms with Gasteiger partial charge in [-0.25, -0.2) is 8.42 Å².